The highest BCUT2D eigenvalue weighted by molar-refractivity contribution is 8.14. The first-order chi connectivity index (χ1) is 19.9. The standard InChI is InChI=1S/C31H31N5O4S/c1-3-20-8-12-22(13-9-20)33-28(38)19-41-31-35-25-7-5-4-6-24(25)29-34-26(30(39)36(29)31)16-17-27(37)32-18-21-10-14-23(40-2)15-11-21/h4-15,26H,3,16-19H2,1-2H3,(H,32,37)(H,33,38)/t26-/m1/s1. The molecule has 0 aromatic heterocycles. The number of methoxy groups -OCH3 is 1. The number of nitrogens with one attached hydrogen (secondary N) is 2. The first-order valence-corrected chi connectivity index (χ1v) is 14.4. The summed E-state index contributed by atoms with van der Waals surface area (Å²) < 4.78 is 5.16. The molecule has 2 heterocycles. The van der Waals surface area contributed by atoms with E-state index in [4.69, 9.17) is 9.73 Å². The Hall–Kier alpha value is -4.44. The number of aryl methyl sites for hydroxylation is 1. The normalized spacial score (nSPS) is 15.4. The highest BCUT2D eigenvalue weighted by atomic mass is 32.2. The Morgan fingerprint density at radius 2 is 1.71 bits per heavy atom. The zero-order valence-electron chi connectivity index (χ0n) is 22.9. The molecule has 3 aromatic carbocycles. The number of thioether (sulfide) groups is 1. The number of fused-ring (bicyclic) bond motifs is 3. The molecule has 0 unspecified atom stereocenters. The summed E-state index contributed by atoms with van der Waals surface area (Å²) in [6, 6.07) is 21.9. The van der Waals surface area contributed by atoms with Gasteiger partial charge in [0.15, 0.2) is 5.17 Å². The van der Waals surface area contributed by atoms with Gasteiger partial charge in [0, 0.05) is 24.2 Å². The molecule has 0 saturated heterocycles. The number of carbonyl (C=O) groups is 3. The van der Waals surface area contributed by atoms with E-state index in [-0.39, 0.29) is 36.3 Å². The molecule has 2 N–H and O–H groups in total. The third-order valence-electron chi connectivity index (χ3n) is 6.82. The van der Waals surface area contributed by atoms with Crippen molar-refractivity contribution in [2.75, 3.05) is 18.2 Å². The van der Waals surface area contributed by atoms with Crippen molar-refractivity contribution >= 4 is 51.9 Å². The van der Waals surface area contributed by atoms with Crippen LogP contribution in [0.2, 0.25) is 0 Å². The van der Waals surface area contributed by atoms with Crippen LogP contribution < -0.4 is 15.4 Å². The Balaban J connectivity index is 1.21. The number of hydrogen-bond donors (Lipinski definition) is 2. The minimum Gasteiger partial charge on any atom is -0.497 e. The largest absolute Gasteiger partial charge is 0.497 e. The monoisotopic (exact) mass is 569 g/mol. The molecule has 0 spiro atoms. The molecule has 0 fully saturated rings. The van der Waals surface area contributed by atoms with Crippen molar-refractivity contribution in [3.05, 3.63) is 89.5 Å². The molecule has 3 amide bonds. The topological polar surface area (TPSA) is 112 Å². The molecule has 9 nitrogen and oxygen atoms in total. The summed E-state index contributed by atoms with van der Waals surface area (Å²) in [7, 11) is 1.60. The summed E-state index contributed by atoms with van der Waals surface area (Å²) in [5.41, 5.74) is 4.29. The number of aliphatic imine (C=N–C) groups is 2. The molecule has 5 rings (SSSR count). The second-order valence-corrected chi connectivity index (χ2v) is 10.5. The van der Waals surface area contributed by atoms with Crippen LogP contribution >= 0.6 is 11.8 Å². The molecule has 210 valence electrons. The maximum Gasteiger partial charge on any atom is 0.259 e. The average Bonchev–Trinajstić information content (AvgIpc) is 3.34. The van der Waals surface area contributed by atoms with Gasteiger partial charge in [-0.2, -0.15) is 0 Å². The summed E-state index contributed by atoms with van der Waals surface area (Å²) in [6.45, 7) is 2.46. The number of benzene rings is 3. The molecular formula is C31H31N5O4S. The van der Waals surface area contributed by atoms with Crippen molar-refractivity contribution in [3.8, 4) is 5.75 Å². The average molecular weight is 570 g/mol. The van der Waals surface area contributed by atoms with Gasteiger partial charge in [-0.3, -0.25) is 19.4 Å². The number of nitrogens with zero attached hydrogens (tertiary/aromatic N) is 3. The number of carbonyl (C=O) groups excluding carboxylic acids is 3. The fourth-order valence-corrected chi connectivity index (χ4v) is 5.34. The maximum absolute atomic E-state index is 13.5. The van der Waals surface area contributed by atoms with Gasteiger partial charge in [0.05, 0.1) is 18.6 Å². The molecule has 0 aliphatic carbocycles. The lowest BCUT2D eigenvalue weighted by Crippen LogP contribution is -2.41. The van der Waals surface area contributed by atoms with Crippen LogP contribution in [0.1, 0.15) is 36.5 Å². The number of amides is 3. The summed E-state index contributed by atoms with van der Waals surface area (Å²) in [5.74, 6) is 0.718. The molecule has 41 heavy (non-hydrogen) atoms. The summed E-state index contributed by atoms with van der Waals surface area (Å²) >= 11 is 1.18. The SMILES string of the molecule is CCc1ccc(NC(=O)CSC2=Nc3ccccc3C3=N[C@H](CCC(=O)NCc4ccc(OC)cc4)C(=O)N23)cc1. The second kappa shape index (κ2) is 12.8. The van der Waals surface area contributed by atoms with Crippen LogP contribution in [-0.2, 0) is 27.3 Å². The Kier molecular flexibility index (Phi) is 8.79. The number of ether oxygens (including phenoxy) is 1. The van der Waals surface area contributed by atoms with E-state index in [2.05, 4.69) is 22.5 Å². The molecular weight excluding hydrogens is 538 g/mol. The highest BCUT2D eigenvalue weighted by Crippen LogP contribution is 2.34. The van der Waals surface area contributed by atoms with Gasteiger partial charge in [-0.1, -0.05) is 55.1 Å². The first-order valence-electron chi connectivity index (χ1n) is 13.5. The van der Waals surface area contributed by atoms with Gasteiger partial charge in [0.25, 0.3) is 5.91 Å². The number of hydrogen-bond acceptors (Lipinski definition) is 7. The quantitative estimate of drug-likeness (QED) is 0.368. The Bertz CT molecular complexity index is 1500. The number of amidine groups is 2. The van der Waals surface area contributed by atoms with Crippen LogP contribution in [0.5, 0.6) is 5.75 Å². The third-order valence-corrected chi connectivity index (χ3v) is 7.76. The zero-order chi connectivity index (χ0) is 28.8. The molecule has 0 radical (unpaired) electrons. The Morgan fingerprint density at radius 3 is 2.44 bits per heavy atom. The fraction of sp³-hybridized carbons (Fsp3) is 0.258. The third kappa shape index (κ3) is 6.66. The molecule has 10 heteroatoms. The molecule has 0 saturated carbocycles. The van der Waals surface area contributed by atoms with Gasteiger partial charge < -0.3 is 15.4 Å². The van der Waals surface area contributed by atoms with Gasteiger partial charge in [-0.25, -0.2) is 9.89 Å². The Labute approximate surface area is 243 Å². The van der Waals surface area contributed by atoms with E-state index >= 15 is 0 Å². The van der Waals surface area contributed by atoms with Crippen molar-refractivity contribution in [1.29, 1.82) is 0 Å². The van der Waals surface area contributed by atoms with E-state index in [1.54, 1.807) is 7.11 Å². The van der Waals surface area contributed by atoms with Crippen LogP contribution in [-0.4, -0.2) is 52.5 Å². The number of anilines is 1. The molecule has 1 atom stereocenters. The fourth-order valence-electron chi connectivity index (χ4n) is 4.54. The second-order valence-electron chi connectivity index (χ2n) is 9.60. The van der Waals surface area contributed by atoms with Gasteiger partial charge >= 0.3 is 0 Å². The minimum absolute atomic E-state index is 0.0754. The van der Waals surface area contributed by atoms with Gasteiger partial charge in [0.2, 0.25) is 11.8 Å². The molecule has 3 aromatic rings. The van der Waals surface area contributed by atoms with E-state index in [0.717, 1.165) is 23.3 Å². The van der Waals surface area contributed by atoms with Crippen LogP contribution in [0.25, 0.3) is 0 Å². The summed E-state index contributed by atoms with van der Waals surface area (Å²) in [5, 5.41) is 6.19. The number of para-hydroxylation sites is 1. The Morgan fingerprint density at radius 1 is 0.976 bits per heavy atom. The van der Waals surface area contributed by atoms with Crippen LogP contribution in [0.15, 0.2) is 82.8 Å². The summed E-state index contributed by atoms with van der Waals surface area (Å²) in [6.07, 6.45) is 1.34. The van der Waals surface area contributed by atoms with E-state index in [1.807, 2.05) is 72.8 Å². The van der Waals surface area contributed by atoms with Crippen molar-refractivity contribution in [2.45, 2.75) is 38.8 Å². The van der Waals surface area contributed by atoms with E-state index in [1.165, 1.54) is 22.2 Å². The maximum atomic E-state index is 13.5. The van der Waals surface area contributed by atoms with E-state index < -0.39 is 6.04 Å². The smallest absolute Gasteiger partial charge is 0.259 e. The van der Waals surface area contributed by atoms with Crippen molar-refractivity contribution in [3.63, 3.8) is 0 Å². The van der Waals surface area contributed by atoms with Crippen molar-refractivity contribution < 1.29 is 19.1 Å². The predicted molar refractivity (Wildman–Crippen MR) is 162 cm³/mol. The zero-order valence-corrected chi connectivity index (χ0v) is 23.7. The highest BCUT2D eigenvalue weighted by Gasteiger charge is 2.41. The van der Waals surface area contributed by atoms with Gasteiger partial charge in [0.1, 0.15) is 17.6 Å². The predicted octanol–water partition coefficient (Wildman–Crippen LogP) is 4.68. The van der Waals surface area contributed by atoms with E-state index in [0.29, 0.717) is 28.9 Å². The minimum atomic E-state index is -0.709. The first kappa shape index (κ1) is 28.1. The molecule has 2 aliphatic heterocycles. The lowest BCUT2D eigenvalue weighted by atomic mass is 10.1. The van der Waals surface area contributed by atoms with Gasteiger partial charge in [-0.15, -0.1) is 0 Å². The number of rotatable bonds is 10. The van der Waals surface area contributed by atoms with Crippen LogP contribution in [0.4, 0.5) is 11.4 Å². The lowest BCUT2D eigenvalue weighted by molar-refractivity contribution is -0.125. The van der Waals surface area contributed by atoms with Gasteiger partial charge in [-0.05, 0) is 60.4 Å². The molecule has 0 bridgehead atoms. The van der Waals surface area contributed by atoms with Crippen molar-refractivity contribution in [2.24, 2.45) is 9.98 Å². The summed E-state index contributed by atoms with van der Waals surface area (Å²) in [4.78, 5) is 49.6. The molecule has 2 aliphatic rings. The van der Waals surface area contributed by atoms with Crippen molar-refractivity contribution in [1.82, 2.24) is 10.2 Å². The lowest BCUT2D eigenvalue weighted by Gasteiger charge is -2.25. The van der Waals surface area contributed by atoms with Crippen LogP contribution in [0.3, 0.4) is 0 Å². The van der Waals surface area contributed by atoms with E-state index in [9.17, 15) is 14.4 Å². The van der Waals surface area contributed by atoms with Crippen LogP contribution in [0, 0.1) is 0 Å².